The van der Waals surface area contributed by atoms with Crippen molar-refractivity contribution >= 4 is 11.4 Å². The number of anilines is 1. The molecule has 6 nitrogen and oxygen atoms in total. The van der Waals surface area contributed by atoms with Crippen molar-refractivity contribution in [3.63, 3.8) is 0 Å². The molecule has 2 rings (SSSR count). The molecule has 1 fully saturated rings. The maximum absolute atomic E-state index is 13.0. The molecule has 0 radical (unpaired) electrons. The van der Waals surface area contributed by atoms with Gasteiger partial charge in [0.15, 0.2) is 0 Å². The van der Waals surface area contributed by atoms with Crippen LogP contribution in [0, 0.1) is 15.9 Å². The zero-order chi connectivity index (χ0) is 13.7. The predicted octanol–water partition coefficient (Wildman–Crippen LogP) is 1.05. The van der Waals surface area contributed by atoms with Gasteiger partial charge in [-0.25, -0.2) is 4.39 Å². The van der Waals surface area contributed by atoms with Gasteiger partial charge in [0.25, 0.3) is 5.69 Å². The molecular formula is C12H17FN4O2. The molecule has 1 heterocycles. The number of benzene rings is 1. The Morgan fingerprint density at radius 3 is 2.84 bits per heavy atom. The molecule has 19 heavy (non-hydrogen) atoms. The fourth-order valence-corrected chi connectivity index (χ4v) is 2.09. The normalized spacial score (nSPS) is 16.3. The molecular weight excluding hydrogens is 251 g/mol. The van der Waals surface area contributed by atoms with Crippen molar-refractivity contribution in [2.45, 2.75) is 0 Å². The molecule has 1 aliphatic rings. The number of rotatable bonds is 5. The molecule has 1 aromatic carbocycles. The fraction of sp³-hybridized carbons (Fsp3) is 0.500. The van der Waals surface area contributed by atoms with Crippen molar-refractivity contribution in [1.82, 2.24) is 10.2 Å². The largest absolute Gasteiger partial charge is 0.378 e. The molecule has 0 bridgehead atoms. The Kier molecular flexibility index (Phi) is 4.64. The molecule has 0 saturated carbocycles. The van der Waals surface area contributed by atoms with Gasteiger partial charge in [0.1, 0.15) is 11.5 Å². The van der Waals surface area contributed by atoms with Crippen molar-refractivity contribution in [2.24, 2.45) is 0 Å². The quantitative estimate of drug-likeness (QED) is 0.617. The molecule has 0 spiro atoms. The lowest BCUT2D eigenvalue weighted by molar-refractivity contribution is -0.384. The van der Waals surface area contributed by atoms with Gasteiger partial charge in [-0.05, 0) is 12.1 Å². The summed E-state index contributed by atoms with van der Waals surface area (Å²) in [4.78, 5) is 12.5. The molecule has 1 saturated heterocycles. The van der Waals surface area contributed by atoms with Crippen LogP contribution in [0.1, 0.15) is 0 Å². The van der Waals surface area contributed by atoms with E-state index in [4.69, 9.17) is 0 Å². The Balaban J connectivity index is 1.89. The monoisotopic (exact) mass is 268 g/mol. The first-order valence-electron chi connectivity index (χ1n) is 6.28. The van der Waals surface area contributed by atoms with E-state index in [9.17, 15) is 14.5 Å². The molecule has 0 atom stereocenters. The average molecular weight is 268 g/mol. The van der Waals surface area contributed by atoms with Crippen LogP contribution < -0.4 is 10.6 Å². The molecule has 0 aromatic heterocycles. The number of hydrogen-bond acceptors (Lipinski definition) is 5. The van der Waals surface area contributed by atoms with Gasteiger partial charge in [-0.3, -0.25) is 15.0 Å². The van der Waals surface area contributed by atoms with Gasteiger partial charge >= 0.3 is 0 Å². The number of nitrogens with one attached hydrogen (secondary N) is 2. The number of halogens is 1. The first-order valence-corrected chi connectivity index (χ1v) is 6.28. The maximum Gasteiger partial charge on any atom is 0.295 e. The Morgan fingerprint density at radius 1 is 1.42 bits per heavy atom. The van der Waals surface area contributed by atoms with E-state index in [0.717, 1.165) is 38.8 Å². The van der Waals surface area contributed by atoms with Crippen molar-refractivity contribution in [3.8, 4) is 0 Å². The van der Waals surface area contributed by atoms with E-state index in [1.54, 1.807) is 0 Å². The van der Waals surface area contributed by atoms with Crippen LogP contribution in [-0.2, 0) is 0 Å². The second kappa shape index (κ2) is 6.44. The third-order valence-corrected chi connectivity index (χ3v) is 3.11. The Labute approximate surface area is 110 Å². The number of hydrogen-bond donors (Lipinski definition) is 2. The maximum atomic E-state index is 13.0. The fourth-order valence-electron chi connectivity index (χ4n) is 2.09. The molecule has 2 N–H and O–H groups in total. The second-order valence-electron chi connectivity index (χ2n) is 4.44. The first kappa shape index (κ1) is 13.7. The Morgan fingerprint density at radius 2 is 2.16 bits per heavy atom. The number of nitro groups is 1. The smallest absolute Gasteiger partial charge is 0.295 e. The molecule has 0 aliphatic carbocycles. The summed E-state index contributed by atoms with van der Waals surface area (Å²) < 4.78 is 13.0. The Bertz CT molecular complexity index is 449. The van der Waals surface area contributed by atoms with Crippen LogP contribution in [0.15, 0.2) is 18.2 Å². The molecule has 1 aliphatic heterocycles. The summed E-state index contributed by atoms with van der Waals surface area (Å²) >= 11 is 0. The third kappa shape index (κ3) is 3.87. The van der Waals surface area contributed by atoms with Crippen LogP contribution in [-0.4, -0.2) is 49.1 Å². The van der Waals surface area contributed by atoms with E-state index in [2.05, 4.69) is 15.5 Å². The second-order valence-corrected chi connectivity index (χ2v) is 4.44. The van der Waals surface area contributed by atoms with E-state index in [1.807, 2.05) is 0 Å². The molecule has 104 valence electrons. The summed E-state index contributed by atoms with van der Waals surface area (Å²) in [7, 11) is 0. The SMILES string of the molecule is O=[N+]([O-])c1cc(F)ccc1NCCN1CCNCC1. The summed E-state index contributed by atoms with van der Waals surface area (Å²) in [6, 6.07) is 3.57. The summed E-state index contributed by atoms with van der Waals surface area (Å²) in [5.41, 5.74) is 0.141. The molecule has 7 heteroatoms. The van der Waals surface area contributed by atoms with Crippen molar-refractivity contribution in [1.29, 1.82) is 0 Å². The minimum atomic E-state index is -0.598. The standard InChI is InChI=1S/C12H17FN4O2/c13-10-1-2-11(12(9-10)17(18)19)15-5-8-16-6-3-14-4-7-16/h1-2,9,14-15H,3-8H2. The highest BCUT2D eigenvalue weighted by Gasteiger charge is 2.15. The van der Waals surface area contributed by atoms with Crippen LogP contribution in [0.25, 0.3) is 0 Å². The van der Waals surface area contributed by atoms with E-state index in [-0.39, 0.29) is 5.69 Å². The van der Waals surface area contributed by atoms with Crippen LogP contribution in [0.2, 0.25) is 0 Å². The lowest BCUT2D eigenvalue weighted by Crippen LogP contribution is -2.45. The first-order chi connectivity index (χ1) is 9.16. The number of nitro benzene ring substituents is 1. The van der Waals surface area contributed by atoms with E-state index < -0.39 is 10.7 Å². The molecule has 0 unspecified atom stereocenters. The summed E-state index contributed by atoms with van der Waals surface area (Å²) in [5, 5.41) is 17.1. The van der Waals surface area contributed by atoms with Crippen LogP contribution >= 0.6 is 0 Å². The highest BCUT2D eigenvalue weighted by molar-refractivity contribution is 5.61. The summed E-state index contributed by atoms with van der Waals surface area (Å²) in [5.74, 6) is -0.598. The van der Waals surface area contributed by atoms with Gasteiger partial charge in [-0.2, -0.15) is 0 Å². The van der Waals surface area contributed by atoms with E-state index in [0.29, 0.717) is 12.2 Å². The third-order valence-electron chi connectivity index (χ3n) is 3.11. The van der Waals surface area contributed by atoms with E-state index >= 15 is 0 Å². The zero-order valence-corrected chi connectivity index (χ0v) is 10.6. The zero-order valence-electron chi connectivity index (χ0n) is 10.6. The highest BCUT2D eigenvalue weighted by atomic mass is 19.1. The van der Waals surface area contributed by atoms with Crippen molar-refractivity contribution in [3.05, 3.63) is 34.1 Å². The minimum Gasteiger partial charge on any atom is -0.378 e. The summed E-state index contributed by atoms with van der Waals surface area (Å²) in [6.45, 7) is 5.32. The number of piperazine rings is 1. The van der Waals surface area contributed by atoms with Crippen molar-refractivity contribution in [2.75, 3.05) is 44.6 Å². The molecule has 1 aromatic rings. The van der Waals surface area contributed by atoms with Gasteiger partial charge in [-0.1, -0.05) is 0 Å². The van der Waals surface area contributed by atoms with Crippen molar-refractivity contribution < 1.29 is 9.31 Å². The van der Waals surface area contributed by atoms with Crippen LogP contribution in [0.5, 0.6) is 0 Å². The minimum absolute atomic E-state index is 0.222. The predicted molar refractivity (Wildman–Crippen MR) is 70.9 cm³/mol. The van der Waals surface area contributed by atoms with Crippen LogP contribution in [0.4, 0.5) is 15.8 Å². The Hall–Kier alpha value is -1.73. The summed E-state index contributed by atoms with van der Waals surface area (Å²) in [6.07, 6.45) is 0. The van der Waals surface area contributed by atoms with E-state index in [1.165, 1.54) is 12.1 Å². The van der Waals surface area contributed by atoms with Gasteiger partial charge in [0.05, 0.1) is 11.0 Å². The lowest BCUT2D eigenvalue weighted by Gasteiger charge is -2.27. The van der Waals surface area contributed by atoms with Gasteiger partial charge in [-0.15, -0.1) is 0 Å². The lowest BCUT2D eigenvalue weighted by atomic mass is 10.2. The van der Waals surface area contributed by atoms with Gasteiger partial charge < -0.3 is 10.6 Å². The average Bonchev–Trinajstić information content (AvgIpc) is 2.41. The number of nitrogens with zero attached hydrogens (tertiary/aromatic N) is 2. The van der Waals surface area contributed by atoms with Gasteiger partial charge in [0, 0.05) is 39.3 Å². The molecule has 0 amide bonds. The topological polar surface area (TPSA) is 70.4 Å². The van der Waals surface area contributed by atoms with Crippen LogP contribution in [0.3, 0.4) is 0 Å². The highest BCUT2D eigenvalue weighted by Crippen LogP contribution is 2.24. The van der Waals surface area contributed by atoms with Gasteiger partial charge in [0.2, 0.25) is 0 Å².